The number of hydrogen-bond donors (Lipinski definition) is 0. The van der Waals surface area contributed by atoms with Crippen LogP contribution in [0.1, 0.15) is 11.1 Å². The van der Waals surface area contributed by atoms with E-state index >= 15 is 0 Å². The average molecular weight is 265 g/mol. The van der Waals surface area contributed by atoms with Gasteiger partial charge in [-0.3, -0.25) is 4.99 Å². The predicted octanol–water partition coefficient (Wildman–Crippen LogP) is 2.02. The largest absolute Gasteiger partial charge is 0.412 e. The molecule has 0 unspecified atom stereocenters. The van der Waals surface area contributed by atoms with Crippen molar-refractivity contribution < 1.29 is 5.48 Å². The van der Waals surface area contributed by atoms with Crippen LogP contribution >= 0.6 is 0 Å². The van der Waals surface area contributed by atoms with Crippen LogP contribution < -0.4 is 0 Å². The maximum atomic E-state index is 4.82. The third-order valence-corrected chi connectivity index (χ3v) is 3.50. The van der Waals surface area contributed by atoms with Gasteiger partial charge in [-0.1, -0.05) is 42.5 Å². The first kappa shape index (κ1) is 12.6. The fourth-order valence-corrected chi connectivity index (χ4v) is 2.63. The van der Waals surface area contributed by atoms with Crippen LogP contribution in [0.5, 0.6) is 0 Å². The summed E-state index contributed by atoms with van der Waals surface area (Å²) in [5.74, 6) is 2.07. The molecule has 0 aliphatic carbocycles. The highest BCUT2D eigenvalue weighted by molar-refractivity contribution is 6.20. The highest BCUT2D eigenvalue weighted by atomic mass is 16.0. The molecule has 0 fully saturated rings. The number of nitrogens with zero attached hydrogens (tertiary/aromatic N) is 3. The van der Waals surface area contributed by atoms with E-state index in [0.29, 0.717) is 0 Å². The van der Waals surface area contributed by atoms with Crippen molar-refractivity contribution in [3.05, 3.63) is 65.7 Å². The van der Waals surface area contributed by atoms with Crippen LogP contribution in [0.15, 0.2) is 64.6 Å². The highest BCUT2D eigenvalue weighted by Gasteiger charge is 2.29. The summed E-state index contributed by atoms with van der Waals surface area (Å²) in [6.07, 6.45) is 0. The van der Waals surface area contributed by atoms with Crippen LogP contribution in [-0.2, 0) is 0 Å². The summed E-state index contributed by atoms with van der Waals surface area (Å²) < 4.78 is 0. The first-order valence-electron chi connectivity index (χ1n) is 6.49. The molecule has 0 spiro atoms. The van der Waals surface area contributed by atoms with Crippen molar-refractivity contribution in [1.82, 2.24) is 4.90 Å². The minimum atomic E-state index is 0. The van der Waals surface area contributed by atoms with Gasteiger partial charge in [0.25, 0.3) is 0 Å². The van der Waals surface area contributed by atoms with Gasteiger partial charge in [-0.2, -0.15) is 0 Å². The number of rotatable bonds is 1. The van der Waals surface area contributed by atoms with E-state index in [0.717, 1.165) is 41.6 Å². The van der Waals surface area contributed by atoms with Gasteiger partial charge >= 0.3 is 0 Å². The molecule has 4 rings (SSSR count). The lowest BCUT2D eigenvalue weighted by atomic mass is 10.1. The lowest BCUT2D eigenvalue weighted by molar-refractivity contribution is 0.662. The number of para-hydroxylation sites is 1. The van der Waals surface area contributed by atoms with Crippen molar-refractivity contribution in [2.45, 2.75) is 0 Å². The van der Waals surface area contributed by atoms with Gasteiger partial charge in [-0.05, 0) is 12.1 Å². The quantitative estimate of drug-likeness (QED) is 0.778. The minimum absolute atomic E-state index is 0. The van der Waals surface area contributed by atoms with Crippen LogP contribution in [0.4, 0.5) is 5.69 Å². The molecule has 2 N–H and O–H groups in total. The molecule has 0 saturated heterocycles. The van der Waals surface area contributed by atoms with E-state index in [1.54, 1.807) is 0 Å². The Morgan fingerprint density at radius 3 is 2.45 bits per heavy atom. The highest BCUT2D eigenvalue weighted by Crippen LogP contribution is 2.30. The molecule has 2 aromatic carbocycles. The number of fused-ring (bicyclic) bond motifs is 3. The monoisotopic (exact) mass is 265 g/mol. The summed E-state index contributed by atoms with van der Waals surface area (Å²) in [5, 5.41) is 0. The number of amidine groups is 2. The molecule has 100 valence electrons. The van der Waals surface area contributed by atoms with Crippen LogP contribution in [0.2, 0.25) is 0 Å². The summed E-state index contributed by atoms with van der Waals surface area (Å²) in [7, 11) is 0. The molecule has 0 saturated carbocycles. The standard InChI is InChI=1S/C16H13N3.H2O/c1-2-6-12(7-3-1)15-18-14-9-5-4-8-13(14)16-17-10-11-19(15)16;/h1-9H,10-11H2;1H2. The third-order valence-electron chi connectivity index (χ3n) is 3.50. The molecule has 0 bridgehead atoms. The Morgan fingerprint density at radius 1 is 0.850 bits per heavy atom. The summed E-state index contributed by atoms with van der Waals surface area (Å²) in [6.45, 7) is 1.76. The van der Waals surface area contributed by atoms with E-state index in [1.165, 1.54) is 0 Å². The van der Waals surface area contributed by atoms with Crippen molar-refractivity contribution >= 4 is 17.4 Å². The zero-order valence-electron chi connectivity index (χ0n) is 11.0. The molecule has 4 nitrogen and oxygen atoms in total. The fraction of sp³-hybridized carbons (Fsp3) is 0.125. The molecule has 0 atom stereocenters. The molecule has 2 aromatic rings. The second-order valence-corrected chi connectivity index (χ2v) is 4.68. The molecule has 20 heavy (non-hydrogen) atoms. The van der Waals surface area contributed by atoms with Crippen LogP contribution in [0.3, 0.4) is 0 Å². The predicted molar refractivity (Wildman–Crippen MR) is 80.8 cm³/mol. The van der Waals surface area contributed by atoms with Crippen molar-refractivity contribution in [2.24, 2.45) is 9.98 Å². The molecule has 4 heteroatoms. The summed E-state index contributed by atoms with van der Waals surface area (Å²) in [6, 6.07) is 18.5. The third kappa shape index (κ3) is 1.82. The lowest BCUT2D eigenvalue weighted by Gasteiger charge is -2.27. The smallest absolute Gasteiger partial charge is 0.142 e. The van der Waals surface area contributed by atoms with E-state index in [-0.39, 0.29) is 5.48 Å². The first-order chi connectivity index (χ1) is 9.43. The Morgan fingerprint density at radius 2 is 1.60 bits per heavy atom. The van der Waals surface area contributed by atoms with Crippen LogP contribution in [-0.4, -0.2) is 35.1 Å². The number of benzene rings is 2. The molecular formula is C16H15N3O. The van der Waals surface area contributed by atoms with Crippen molar-refractivity contribution in [1.29, 1.82) is 0 Å². The molecule has 0 radical (unpaired) electrons. The van der Waals surface area contributed by atoms with Crippen LogP contribution in [0, 0.1) is 0 Å². The van der Waals surface area contributed by atoms with E-state index < -0.39 is 0 Å². The average Bonchev–Trinajstić information content (AvgIpc) is 2.97. The number of aliphatic imine (C=N–C) groups is 2. The molecule has 0 amide bonds. The Labute approximate surface area is 117 Å². The Balaban J connectivity index is 0.00000121. The Hall–Kier alpha value is -2.46. The molecule has 2 heterocycles. The maximum Gasteiger partial charge on any atom is 0.142 e. The van der Waals surface area contributed by atoms with Gasteiger partial charge in [0.05, 0.1) is 12.2 Å². The topological polar surface area (TPSA) is 59.5 Å². The second-order valence-electron chi connectivity index (χ2n) is 4.68. The van der Waals surface area contributed by atoms with Gasteiger partial charge in [0, 0.05) is 17.7 Å². The minimum Gasteiger partial charge on any atom is -0.412 e. The van der Waals surface area contributed by atoms with Gasteiger partial charge in [0.1, 0.15) is 11.7 Å². The van der Waals surface area contributed by atoms with Gasteiger partial charge in [-0.25, -0.2) is 4.99 Å². The Kier molecular flexibility index (Phi) is 3.08. The van der Waals surface area contributed by atoms with Gasteiger partial charge in [-0.15, -0.1) is 0 Å². The fourth-order valence-electron chi connectivity index (χ4n) is 2.63. The van der Waals surface area contributed by atoms with Crippen molar-refractivity contribution in [3.8, 4) is 0 Å². The first-order valence-corrected chi connectivity index (χ1v) is 6.49. The van der Waals surface area contributed by atoms with E-state index in [4.69, 9.17) is 4.99 Å². The molecule has 2 aliphatic heterocycles. The van der Waals surface area contributed by atoms with Gasteiger partial charge < -0.3 is 10.4 Å². The summed E-state index contributed by atoms with van der Waals surface area (Å²) >= 11 is 0. The summed E-state index contributed by atoms with van der Waals surface area (Å²) in [4.78, 5) is 11.7. The van der Waals surface area contributed by atoms with Crippen LogP contribution in [0.25, 0.3) is 0 Å². The van der Waals surface area contributed by atoms with Crippen molar-refractivity contribution in [2.75, 3.05) is 13.1 Å². The molecular weight excluding hydrogens is 250 g/mol. The molecule has 2 aliphatic rings. The zero-order chi connectivity index (χ0) is 12.7. The van der Waals surface area contributed by atoms with E-state index in [2.05, 4.69) is 34.2 Å². The number of hydrogen-bond acceptors (Lipinski definition) is 3. The van der Waals surface area contributed by atoms with E-state index in [1.807, 2.05) is 30.3 Å². The maximum absolute atomic E-state index is 4.82. The van der Waals surface area contributed by atoms with E-state index in [9.17, 15) is 0 Å². The lowest BCUT2D eigenvalue weighted by Crippen LogP contribution is -2.37. The normalized spacial score (nSPS) is 15.7. The zero-order valence-corrected chi connectivity index (χ0v) is 11.0. The van der Waals surface area contributed by atoms with Gasteiger partial charge in [0.2, 0.25) is 0 Å². The summed E-state index contributed by atoms with van der Waals surface area (Å²) in [5.41, 5.74) is 3.30. The van der Waals surface area contributed by atoms with Crippen molar-refractivity contribution in [3.63, 3.8) is 0 Å². The SMILES string of the molecule is O.c1ccc(C2=Nc3ccccc3C3=NCCN23)cc1. The molecule has 0 aromatic heterocycles. The Bertz CT molecular complexity index is 692. The second kappa shape index (κ2) is 4.90. The van der Waals surface area contributed by atoms with Gasteiger partial charge in [0.15, 0.2) is 0 Å².